The molecule has 6 heteroatoms. The Morgan fingerprint density at radius 2 is 1.75 bits per heavy atom. The molecule has 88 valence electrons. The van der Waals surface area contributed by atoms with Crippen molar-refractivity contribution >= 4 is 17.9 Å². The molecule has 1 aliphatic heterocycles. The first-order valence-electron chi connectivity index (χ1n) is 5.16. The molecule has 1 heterocycles. The van der Waals surface area contributed by atoms with Crippen molar-refractivity contribution in [3.63, 3.8) is 0 Å². The van der Waals surface area contributed by atoms with E-state index in [0.717, 1.165) is 12.8 Å². The molecule has 6 nitrogen and oxygen atoms in total. The van der Waals surface area contributed by atoms with Gasteiger partial charge < -0.3 is 14.9 Å². The van der Waals surface area contributed by atoms with Gasteiger partial charge in [-0.15, -0.1) is 0 Å². The van der Waals surface area contributed by atoms with Gasteiger partial charge in [-0.3, -0.25) is 14.4 Å². The molecule has 1 saturated heterocycles. The molecular formula is C10H12O6. The van der Waals surface area contributed by atoms with Crippen LogP contribution in [0.3, 0.4) is 0 Å². The Bertz CT molecular complexity index is 354. The van der Waals surface area contributed by atoms with Crippen molar-refractivity contribution in [2.75, 3.05) is 0 Å². The quantitative estimate of drug-likeness (QED) is 0.519. The van der Waals surface area contributed by atoms with Crippen molar-refractivity contribution in [2.45, 2.75) is 31.3 Å². The van der Waals surface area contributed by atoms with Crippen LogP contribution < -0.4 is 0 Å². The third-order valence-corrected chi connectivity index (χ3v) is 3.44. The van der Waals surface area contributed by atoms with Crippen LogP contribution in [0.5, 0.6) is 0 Å². The van der Waals surface area contributed by atoms with Gasteiger partial charge in [0.25, 0.3) is 0 Å². The standard InChI is InChI=1S/C10H12O6/c11-7(12)5-6(8(13)14)10(16-9(5)15)3-1-2-4-10/h5-6H,1-4H2,(H,11,12)(H,13,14). The number of carbonyl (C=O) groups is 3. The number of carboxylic acids is 2. The Morgan fingerprint density at radius 3 is 2.19 bits per heavy atom. The fourth-order valence-electron chi connectivity index (χ4n) is 2.76. The second kappa shape index (κ2) is 3.47. The molecule has 0 aromatic rings. The zero-order valence-corrected chi connectivity index (χ0v) is 8.51. The Kier molecular flexibility index (Phi) is 2.36. The maximum atomic E-state index is 11.4. The molecule has 2 atom stereocenters. The van der Waals surface area contributed by atoms with Crippen LogP contribution in [0.15, 0.2) is 0 Å². The van der Waals surface area contributed by atoms with Gasteiger partial charge in [0.15, 0.2) is 5.92 Å². The van der Waals surface area contributed by atoms with E-state index in [4.69, 9.17) is 14.9 Å². The van der Waals surface area contributed by atoms with E-state index in [9.17, 15) is 14.4 Å². The van der Waals surface area contributed by atoms with Crippen LogP contribution in [0.25, 0.3) is 0 Å². The summed E-state index contributed by atoms with van der Waals surface area (Å²) in [4.78, 5) is 33.5. The van der Waals surface area contributed by atoms with Crippen molar-refractivity contribution in [1.29, 1.82) is 0 Å². The van der Waals surface area contributed by atoms with Gasteiger partial charge in [0.1, 0.15) is 11.5 Å². The summed E-state index contributed by atoms with van der Waals surface area (Å²) in [6.45, 7) is 0. The summed E-state index contributed by atoms with van der Waals surface area (Å²) in [6.07, 6.45) is 2.42. The van der Waals surface area contributed by atoms with Gasteiger partial charge in [0.2, 0.25) is 0 Å². The summed E-state index contributed by atoms with van der Waals surface area (Å²) in [5.74, 6) is -6.40. The van der Waals surface area contributed by atoms with E-state index >= 15 is 0 Å². The van der Waals surface area contributed by atoms with E-state index in [0.29, 0.717) is 12.8 Å². The van der Waals surface area contributed by atoms with Gasteiger partial charge in [-0.2, -0.15) is 0 Å². The fraction of sp³-hybridized carbons (Fsp3) is 0.700. The number of ether oxygens (including phenoxy) is 1. The summed E-state index contributed by atoms with van der Waals surface area (Å²) < 4.78 is 5.06. The smallest absolute Gasteiger partial charge is 0.321 e. The van der Waals surface area contributed by atoms with Crippen molar-refractivity contribution in [3.05, 3.63) is 0 Å². The SMILES string of the molecule is O=C(O)C1C(=O)OC2(CCCC2)C1C(=O)O. The van der Waals surface area contributed by atoms with Gasteiger partial charge in [-0.05, 0) is 25.7 Å². The molecule has 2 rings (SSSR count). The van der Waals surface area contributed by atoms with E-state index in [2.05, 4.69) is 0 Å². The minimum atomic E-state index is -1.56. The second-order valence-electron chi connectivity index (χ2n) is 4.32. The minimum absolute atomic E-state index is 0.444. The Balaban J connectivity index is 2.39. The van der Waals surface area contributed by atoms with E-state index in [-0.39, 0.29) is 0 Å². The lowest BCUT2D eigenvalue weighted by atomic mass is 9.80. The van der Waals surface area contributed by atoms with E-state index in [1.807, 2.05) is 0 Å². The zero-order chi connectivity index (χ0) is 11.9. The fourth-order valence-corrected chi connectivity index (χ4v) is 2.76. The molecule has 0 amide bonds. The first-order valence-corrected chi connectivity index (χ1v) is 5.16. The van der Waals surface area contributed by atoms with Crippen molar-refractivity contribution in [2.24, 2.45) is 11.8 Å². The summed E-state index contributed by atoms with van der Waals surface area (Å²) in [6, 6.07) is 0. The molecule has 0 radical (unpaired) electrons. The van der Waals surface area contributed by atoms with Crippen LogP contribution in [0.4, 0.5) is 0 Å². The minimum Gasteiger partial charge on any atom is -0.481 e. The molecule has 2 unspecified atom stereocenters. The number of carbonyl (C=O) groups excluding carboxylic acids is 1. The third-order valence-electron chi connectivity index (χ3n) is 3.44. The van der Waals surface area contributed by atoms with Gasteiger partial charge >= 0.3 is 17.9 Å². The highest BCUT2D eigenvalue weighted by Crippen LogP contribution is 2.48. The molecule has 2 N–H and O–H groups in total. The normalized spacial score (nSPS) is 31.6. The van der Waals surface area contributed by atoms with Gasteiger partial charge in [0, 0.05) is 0 Å². The number of hydrogen-bond donors (Lipinski definition) is 2. The Morgan fingerprint density at radius 1 is 1.19 bits per heavy atom. The summed E-state index contributed by atoms with van der Waals surface area (Å²) >= 11 is 0. The molecule has 16 heavy (non-hydrogen) atoms. The van der Waals surface area contributed by atoms with E-state index < -0.39 is 35.3 Å². The number of esters is 1. The lowest BCUT2D eigenvalue weighted by molar-refractivity contribution is -0.156. The maximum Gasteiger partial charge on any atom is 0.321 e. The van der Waals surface area contributed by atoms with Crippen LogP contribution in [0.2, 0.25) is 0 Å². The van der Waals surface area contributed by atoms with Gasteiger partial charge in [-0.25, -0.2) is 0 Å². The third kappa shape index (κ3) is 1.36. The molecule has 1 spiro atoms. The van der Waals surface area contributed by atoms with Crippen molar-refractivity contribution < 1.29 is 29.3 Å². The number of aliphatic carboxylic acids is 2. The largest absolute Gasteiger partial charge is 0.481 e. The van der Waals surface area contributed by atoms with Gasteiger partial charge in [-0.1, -0.05) is 0 Å². The zero-order valence-electron chi connectivity index (χ0n) is 8.51. The second-order valence-corrected chi connectivity index (χ2v) is 4.32. The summed E-state index contributed by atoms with van der Waals surface area (Å²) in [7, 11) is 0. The lowest BCUT2D eigenvalue weighted by Gasteiger charge is -2.26. The average molecular weight is 228 g/mol. The Labute approximate surface area is 91.2 Å². The molecule has 1 aliphatic carbocycles. The number of hydrogen-bond acceptors (Lipinski definition) is 4. The molecule has 1 saturated carbocycles. The molecular weight excluding hydrogens is 216 g/mol. The number of rotatable bonds is 2. The molecule has 0 aromatic carbocycles. The summed E-state index contributed by atoms with van der Waals surface area (Å²) in [5.41, 5.74) is -1.08. The summed E-state index contributed by atoms with van der Waals surface area (Å²) in [5, 5.41) is 18.0. The van der Waals surface area contributed by atoms with Crippen LogP contribution in [-0.2, 0) is 19.1 Å². The molecule has 0 bridgehead atoms. The maximum absolute atomic E-state index is 11.4. The monoisotopic (exact) mass is 228 g/mol. The van der Waals surface area contributed by atoms with E-state index in [1.165, 1.54) is 0 Å². The Hall–Kier alpha value is -1.59. The number of carboxylic acid groups (broad SMARTS) is 2. The molecule has 2 aliphatic rings. The molecule has 0 aromatic heterocycles. The van der Waals surface area contributed by atoms with E-state index in [1.54, 1.807) is 0 Å². The highest BCUT2D eigenvalue weighted by Gasteiger charge is 2.62. The predicted octanol–water partition coefficient (Wildman–Crippen LogP) is 0.258. The highest BCUT2D eigenvalue weighted by atomic mass is 16.6. The van der Waals surface area contributed by atoms with Crippen LogP contribution >= 0.6 is 0 Å². The first kappa shape index (κ1) is 10.9. The highest BCUT2D eigenvalue weighted by molar-refractivity contribution is 6.01. The van der Waals surface area contributed by atoms with Crippen LogP contribution in [0.1, 0.15) is 25.7 Å². The van der Waals surface area contributed by atoms with Gasteiger partial charge in [0.05, 0.1) is 0 Å². The topological polar surface area (TPSA) is 101 Å². The van der Waals surface area contributed by atoms with Crippen LogP contribution in [-0.4, -0.2) is 33.7 Å². The first-order chi connectivity index (χ1) is 7.48. The predicted molar refractivity (Wildman–Crippen MR) is 49.5 cm³/mol. The van der Waals surface area contributed by atoms with Crippen molar-refractivity contribution in [1.82, 2.24) is 0 Å². The average Bonchev–Trinajstić information content (AvgIpc) is 2.72. The lowest BCUT2D eigenvalue weighted by Crippen LogP contribution is -2.41. The molecule has 2 fully saturated rings. The van der Waals surface area contributed by atoms with Crippen LogP contribution in [0, 0.1) is 11.8 Å². The van der Waals surface area contributed by atoms with Crippen molar-refractivity contribution in [3.8, 4) is 0 Å².